The van der Waals surface area contributed by atoms with Gasteiger partial charge in [0.25, 0.3) is 5.56 Å². The van der Waals surface area contributed by atoms with Crippen molar-refractivity contribution in [1.82, 2.24) is 4.57 Å². The summed E-state index contributed by atoms with van der Waals surface area (Å²) in [5.41, 5.74) is 0.447. The molecule has 128 valence electrons. The molecule has 2 rings (SSSR count). The summed E-state index contributed by atoms with van der Waals surface area (Å²) in [6, 6.07) is 7.18. The first-order chi connectivity index (χ1) is 11.4. The molecule has 0 aliphatic carbocycles. The van der Waals surface area contributed by atoms with Gasteiger partial charge in [-0.1, -0.05) is 18.2 Å². The molecule has 1 heterocycles. The van der Waals surface area contributed by atoms with Crippen molar-refractivity contribution in [2.45, 2.75) is 6.92 Å². The van der Waals surface area contributed by atoms with E-state index in [1.165, 1.54) is 16.6 Å². The van der Waals surface area contributed by atoms with Crippen LogP contribution in [-0.2, 0) is 21.3 Å². The van der Waals surface area contributed by atoms with Crippen molar-refractivity contribution >= 4 is 28.5 Å². The topological polar surface area (TPSA) is 77.8 Å². The number of ether oxygens (including phenoxy) is 2. The lowest BCUT2D eigenvalue weighted by atomic mass is 10.1. The van der Waals surface area contributed by atoms with Crippen LogP contribution in [0.15, 0.2) is 29.1 Å². The number of fused-ring (bicyclic) bond motifs is 1. The molecule has 0 saturated heterocycles. The van der Waals surface area contributed by atoms with Gasteiger partial charge in [-0.25, -0.2) is 4.79 Å². The van der Waals surface area contributed by atoms with Crippen molar-refractivity contribution in [3.63, 3.8) is 0 Å². The van der Waals surface area contributed by atoms with Crippen LogP contribution in [0.2, 0.25) is 0 Å². The fraction of sp³-hybridized carbons (Fsp3) is 0.353. The average Bonchev–Trinajstić information content (AvgIpc) is 2.57. The number of carbonyl (C=O) groups excluding carboxylic acids is 2. The van der Waals surface area contributed by atoms with Gasteiger partial charge in [-0.3, -0.25) is 9.59 Å². The molecular weight excluding hydrogens is 312 g/mol. The van der Waals surface area contributed by atoms with E-state index in [0.717, 1.165) is 0 Å². The number of likely N-dealkylation sites (N-methyl/N-ethyl adjacent to an activating group) is 1. The minimum atomic E-state index is -0.712. The van der Waals surface area contributed by atoms with E-state index in [9.17, 15) is 14.4 Å². The Morgan fingerprint density at radius 3 is 2.54 bits per heavy atom. The molecule has 0 saturated carbocycles. The zero-order chi connectivity index (χ0) is 17.9. The molecule has 0 spiro atoms. The van der Waals surface area contributed by atoms with Gasteiger partial charge in [0.15, 0.2) is 0 Å². The number of anilines is 1. The Hall–Kier alpha value is -2.83. The largest absolute Gasteiger partial charge is 0.468 e. The molecule has 0 radical (unpaired) electrons. The Kier molecular flexibility index (Phi) is 5.23. The SMILES string of the molecule is CCOC(=O)c1c(N(C)CC(=O)OC)c2ccccc2n(C)c1=O. The fourth-order valence-corrected chi connectivity index (χ4v) is 2.60. The van der Waals surface area contributed by atoms with E-state index in [1.54, 1.807) is 45.3 Å². The second kappa shape index (κ2) is 7.16. The van der Waals surface area contributed by atoms with Gasteiger partial charge in [0.1, 0.15) is 12.1 Å². The molecule has 0 aliphatic heterocycles. The van der Waals surface area contributed by atoms with E-state index in [0.29, 0.717) is 16.6 Å². The van der Waals surface area contributed by atoms with E-state index in [-0.39, 0.29) is 18.7 Å². The maximum Gasteiger partial charge on any atom is 0.345 e. The third-order valence-electron chi connectivity index (χ3n) is 3.73. The highest BCUT2D eigenvalue weighted by atomic mass is 16.5. The number of benzene rings is 1. The Morgan fingerprint density at radius 2 is 1.92 bits per heavy atom. The maximum atomic E-state index is 12.7. The van der Waals surface area contributed by atoms with Crippen molar-refractivity contribution < 1.29 is 19.1 Å². The molecular formula is C17H20N2O5. The second-order valence-electron chi connectivity index (χ2n) is 5.26. The minimum Gasteiger partial charge on any atom is -0.468 e. The first kappa shape index (κ1) is 17.5. The monoisotopic (exact) mass is 332 g/mol. The number of methoxy groups -OCH3 is 1. The molecule has 0 N–H and O–H groups in total. The number of pyridine rings is 1. The molecule has 1 aromatic heterocycles. The summed E-state index contributed by atoms with van der Waals surface area (Å²) in [5.74, 6) is -1.19. The minimum absolute atomic E-state index is 0.0931. The number of carbonyl (C=O) groups is 2. The van der Waals surface area contributed by atoms with Crippen LogP contribution in [0.3, 0.4) is 0 Å². The van der Waals surface area contributed by atoms with Crippen LogP contribution in [0.25, 0.3) is 10.9 Å². The van der Waals surface area contributed by atoms with Crippen molar-refractivity contribution in [1.29, 1.82) is 0 Å². The summed E-state index contributed by atoms with van der Waals surface area (Å²) in [6.45, 7) is 1.72. The standard InChI is InChI=1S/C17H20N2O5/c1-5-24-17(22)14-15(18(2)10-13(20)23-4)11-8-6-7-9-12(11)19(3)16(14)21/h6-9H,5,10H2,1-4H3. The molecule has 0 atom stereocenters. The molecule has 0 fully saturated rings. The Morgan fingerprint density at radius 1 is 1.25 bits per heavy atom. The van der Waals surface area contributed by atoms with Gasteiger partial charge in [-0.15, -0.1) is 0 Å². The van der Waals surface area contributed by atoms with Crippen LogP contribution in [0.4, 0.5) is 5.69 Å². The van der Waals surface area contributed by atoms with Gasteiger partial charge in [0.05, 0.1) is 24.9 Å². The van der Waals surface area contributed by atoms with E-state index < -0.39 is 17.5 Å². The number of rotatable bonds is 5. The quantitative estimate of drug-likeness (QED) is 0.769. The van der Waals surface area contributed by atoms with Crippen molar-refractivity contribution in [3.05, 3.63) is 40.2 Å². The zero-order valence-corrected chi connectivity index (χ0v) is 14.2. The third-order valence-corrected chi connectivity index (χ3v) is 3.73. The molecule has 24 heavy (non-hydrogen) atoms. The van der Waals surface area contributed by atoms with Gasteiger partial charge >= 0.3 is 11.9 Å². The van der Waals surface area contributed by atoms with Crippen LogP contribution in [0.5, 0.6) is 0 Å². The zero-order valence-electron chi connectivity index (χ0n) is 14.2. The molecule has 7 nitrogen and oxygen atoms in total. The van der Waals surface area contributed by atoms with E-state index in [4.69, 9.17) is 4.74 Å². The Labute approximate surface area is 139 Å². The van der Waals surface area contributed by atoms with Crippen LogP contribution in [0.1, 0.15) is 17.3 Å². The van der Waals surface area contributed by atoms with Crippen LogP contribution in [0, 0.1) is 0 Å². The number of para-hydroxylation sites is 1. The van der Waals surface area contributed by atoms with Crippen LogP contribution < -0.4 is 10.5 Å². The van der Waals surface area contributed by atoms with Crippen LogP contribution in [-0.4, -0.2) is 43.8 Å². The number of nitrogens with zero attached hydrogens (tertiary/aromatic N) is 2. The highest BCUT2D eigenvalue weighted by molar-refractivity contribution is 6.06. The third kappa shape index (κ3) is 3.10. The summed E-state index contributed by atoms with van der Waals surface area (Å²) in [4.78, 5) is 38.2. The molecule has 2 aromatic rings. The first-order valence-electron chi connectivity index (χ1n) is 7.49. The lowest BCUT2D eigenvalue weighted by Gasteiger charge is -2.23. The average molecular weight is 332 g/mol. The lowest BCUT2D eigenvalue weighted by Crippen LogP contribution is -2.34. The molecule has 0 unspecified atom stereocenters. The molecule has 1 aromatic carbocycles. The van der Waals surface area contributed by atoms with Gasteiger partial charge in [-0.05, 0) is 13.0 Å². The molecule has 0 amide bonds. The summed E-state index contributed by atoms with van der Waals surface area (Å²) in [5, 5.41) is 0.675. The summed E-state index contributed by atoms with van der Waals surface area (Å²) in [6.07, 6.45) is 0. The van der Waals surface area contributed by atoms with Crippen molar-refractivity contribution in [2.24, 2.45) is 7.05 Å². The molecule has 0 bridgehead atoms. The number of hydrogen-bond donors (Lipinski definition) is 0. The Balaban J connectivity index is 2.79. The highest BCUT2D eigenvalue weighted by Crippen LogP contribution is 2.28. The van der Waals surface area contributed by atoms with Gasteiger partial charge < -0.3 is 18.9 Å². The van der Waals surface area contributed by atoms with E-state index in [2.05, 4.69) is 4.74 Å². The number of aryl methyl sites for hydroxylation is 1. The van der Waals surface area contributed by atoms with Crippen LogP contribution >= 0.6 is 0 Å². The summed E-state index contributed by atoms with van der Waals surface area (Å²) < 4.78 is 11.1. The molecule has 7 heteroatoms. The van der Waals surface area contributed by atoms with Crippen molar-refractivity contribution in [3.8, 4) is 0 Å². The number of esters is 2. The van der Waals surface area contributed by atoms with E-state index in [1.807, 2.05) is 0 Å². The predicted octanol–water partition coefficient (Wildman–Crippen LogP) is 1.32. The first-order valence-corrected chi connectivity index (χ1v) is 7.49. The van der Waals surface area contributed by atoms with E-state index >= 15 is 0 Å². The second-order valence-corrected chi connectivity index (χ2v) is 5.26. The number of aromatic nitrogens is 1. The van der Waals surface area contributed by atoms with Crippen molar-refractivity contribution in [2.75, 3.05) is 32.2 Å². The van der Waals surface area contributed by atoms with Gasteiger partial charge in [0, 0.05) is 19.5 Å². The maximum absolute atomic E-state index is 12.7. The number of hydrogen-bond acceptors (Lipinski definition) is 6. The normalized spacial score (nSPS) is 10.5. The molecule has 0 aliphatic rings. The lowest BCUT2D eigenvalue weighted by molar-refractivity contribution is -0.138. The summed E-state index contributed by atoms with van der Waals surface area (Å²) >= 11 is 0. The van der Waals surface area contributed by atoms with Gasteiger partial charge in [0.2, 0.25) is 0 Å². The summed E-state index contributed by atoms with van der Waals surface area (Å²) in [7, 11) is 4.50. The predicted molar refractivity (Wildman–Crippen MR) is 90.4 cm³/mol. The smallest absolute Gasteiger partial charge is 0.345 e. The fourth-order valence-electron chi connectivity index (χ4n) is 2.60. The highest BCUT2D eigenvalue weighted by Gasteiger charge is 2.25. The Bertz CT molecular complexity index is 841. The van der Waals surface area contributed by atoms with Gasteiger partial charge in [-0.2, -0.15) is 0 Å².